The van der Waals surface area contributed by atoms with E-state index in [1.165, 1.54) is 0 Å². The van der Waals surface area contributed by atoms with Crippen molar-refractivity contribution in [3.05, 3.63) is 35.9 Å². The van der Waals surface area contributed by atoms with Crippen molar-refractivity contribution in [2.24, 2.45) is 0 Å². The first kappa shape index (κ1) is 16.2. The van der Waals surface area contributed by atoms with E-state index in [-0.39, 0.29) is 24.5 Å². The minimum absolute atomic E-state index is 0.0648. The normalized spacial score (nSPS) is 13.3. The first-order valence-corrected chi connectivity index (χ1v) is 7.01. The Morgan fingerprint density at radius 1 is 1.20 bits per heavy atom. The number of imide groups is 1. The van der Waals surface area contributed by atoms with Crippen LogP contribution in [0.25, 0.3) is 0 Å². The number of benzene rings is 1. The third kappa shape index (κ3) is 5.84. The van der Waals surface area contributed by atoms with Crippen LogP contribution in [-0.4, -0.2) is 24.5 Å². The highest BCUT2D eigenvalue weighted by atomic mass is 16.2. The predicted molar refractivity (Wildman–Crippen MR) is 78.1 cm³/mol. The summed E-state index contributed by atoms with van der Waals surface area (Å²) in [6.07, 6.45) is 0.832. The van der Waals surface area contributed by atoms with E-state index in [2.05, 4.69) is 10.6 Å². The van der Waals surface area contributed by atoms with Gasteiger partial charge in [0.2, 0.25) is 0 Å². The second-order valence-corrected chi connectivity index (χ2v) is 4.97. The monoisotopic (exact) mass is 278 g/mol. The van der Waals surface area contributed by atoms with Crippen molar-refractivity contribution in [3.8, 4) is 0 Å². The van der Waals surface area contributed by atoms with Gasteiger partial charge in [0, 0.05) is 11.6 Å². The lowest BCUT2D eigenvalue weighted by molar-refractivity contribution is -0.682. The SMILES string of the molecule is CC[C@H](C)NC(=O)NC(=O)C[NH2+][C@@H](C)c1ccccc1. The first-order valence-electron chi connectivity index (χ1n) is 7.01. The molecule has 0 radical (unpaired) electrons. The highest BCUT2D eigenvalue weighted by Crippen LogP contribution is 2.05. The Morgan fingerprint density at radius 3 is 2.45 bits per heavy atom. The number of nitrogens with one attached hydrogen (secondary N) is 2. The van der Waals surface area contributed by atoms with Crippen LogP contribution >= 0.6 is 0 Å². The van der Waals surface area contributed by atoms with Crippen molar-refractivity contribution >= 4 is 11.9 Å². The molecule has 2 atom stereocenters. The molecule has 0 aliphatic carbocycles. The number of carbonyl (C=O) groups excluding carboxylic acids is 2. The standard InChI is InChI=1S/C15H23N3O2/c1-4-11(2)17-15(20)18-14(19)10-16-12(3)13-8-6-5-7-9-13/h5-9,11-12,16H,4,10H2,1-3H3,(H2,17,18,19,20)/p+1/t11-,12-/m0/s1. The molecule has 3 amide bonds. The zero-order valence-electron chi connectivity index (χ0n) is 12.3. The molecule has 0 unspecified atom stereocenters. The molecule has 0 heterocycles. The van der Waals surface area contributed by atoms with E-state index in [1.54, 1.807) is 0 Å². The van der Waals surface area contributed by atoms with Crippen LogP contribution in [0.15, 0.2) is 30.3 Å². The Bertz CT molecular complexity index is 434. The number of amides is 3. The summed E-state index contributed by atoms with van der Waals surface area (Å²) in [5.74, 6) is -0.284. The molecular weight excluding hydrogens is 254 g/mol. The van der Waals surface area contributed by atoms with E-state index < -0.39 is 6.03 Å². The lowest BCUT2D eigenvalue weighted by atomic mass is 10.1. The van der Waals surface area contributed by atoms with E-state index in [0.717, 1.165) is 12.0 Å². The van der Waals surface area contributed by atoms with Gasteiger partial charge in [0.25, 0.3) is 5.91 Å². The summed E-state index contributed by atoms with van der Waals surface area (Å²) in [7, 11) is 0. The van der Waals surface area contributed by atoms with Gasteiger partial charge in [-0.25, -0.2) is 4.79 Å². The molecule has 110 valence electrons. The number of quaternary nitrogens is 1. The fourth-order valence-corrected chi connectivity index (χ4v) is 1.72. The van der Waals surface area contributed by atoms with E-state index in [1.807, 2.05) is 56.4 Å². The zero-order chi connectivity index (χ0) is 15.0. The smallest absolute Gasteiger partial charge is 0.321 e. The highest BCUT2D eigenvalue weighted by molar-refractivity contribution is 5.94. The maximum atomic E-state index is 11.7. The topological polar surface area (TPSA) is 74.8 Å². The number of hydrogen-bond donors (Lipinski definition) is 3. The van der Waals surface area contributed by atoms with Crippen molar-refractivity contribution in [1.29, 1.82) is 0 Å². The maximum Gasteiger partial charge on any atom is 0.321 e. The Labute approximate surface area is 120 Å². The van der Waals surface area contributed by atoms with Gasteiger partial charge >= 0.3 is 6.03 Å². The molecule has 0 bridgehead atoms. The lowest BCUT2D eigenvalue weighted by Gasteiger charge is -2.13. The fourth-order valence-electron chi connectivity index (χ4n) is 1.72. The quantitative estimate of drug-likeness (QED) is 0.724. The largest absolute Gasteiger partial charge is 0.335 e. The summed E-state index contributed by atoms with van der Waals surface area (Å²) in [6, 6.07) is 9.77. The number of nitrogens with two attached hydrogens (primary N) is 1. The van der Waals surface area contributed by atoms with Crippen LogP contribution in [0.3, 0.4) is 0 Å². The molecule has 0 aliphatic heterocycles. The van der Waals surface area contributed by atoms with Gasteiger partial charge in [-0.15, -0.1) is 0 Å². The molecule has 0 spiro atoms. The van der Waals surface area contributed by atoms with Gasteiger partial charge in [0.1, 0.15) is 6.04 Å². The molecule has 20 heavy (non-hydrogen) atoms. The predicted octanol–water partition coefficient (Wildman–Crippen LogP) is 0.935. The lowest BCUT2D eigenvalue weighted by Crippen LogP contribution is -2.87. The second-order valence-electron chi connectivity index (χ2n) is 4.97. The van der Waals surface area contributed by atoms with Crippen LogP contribution in [0.2, 0.25) is 0 Å². The van der Waals surface area contributed by atoms with Crippen molar-refractivity contribution in [2.45, 2.75) is 39.3 Å². The average molecular weight is 278 g/mol. The molecular formula is C15H24N3O2+. The summed E-state index contributed by atoms with van der Waals surface area (Å²) >= 11 is 0. The molecule has 1 aromatic rings. The molecule has 0 saturated carbocycles. The number of rotatable bonds is 6. The van der Waals surface area contributed by atoms with Crippen molar-refractivity contribution in [2.75, 3.05) is 6.54 Å². The van der Waals surface area contributed by atoms with Crippen molar-refractivity contribution in [1.82, 2.24) is 10.6 Å². The van der Waals surface area contributed by atoms with Crippen molar-refractivity contribution < 1.29 is 14.9 Å². The summed E-state index contributed by atoms with van der Waals surface area (Å²) in [5.41, 5.74) is 1.16. The Morgan fingerprint density at radius 2 is 1.85 bits per heavy atom. The van der Waals surface area contributed by atoms with Gasteiger partial charge in [-0.3, -0.25) is 10.1 Å². The first-order chi connectivity index (χ1) is 9.52. The third-order valence-electron chi connectivity index (χ3n) is 3.22. The van der Waals surface area contributed by atoms with Crippen LogP contribution in [-0.2, 0) is 4.79 Å². The molecule has 0 aliphatic rings. The van der Waals surface area contributed by atoms with E-state index >= 15 is 0 Å². The van der Waals surface area contributed by atoms with Gasteiger partial charge in [0.05, 0.1) is 0 Å². The Kier molecular flexibility index (Phi) is 6.73. The molecule has 0 saturated heterocycles. The van der Waals surface area contributed by atoms with Crippen LogP contribution < -0.4 is 16.0 Å². The van der Waals surface area contributed by atoms with Gasteiger partial charge in [-0.1, -0.05) is 37.3 Å². The number of urea groups is 1. The zero-order valence-corrected chi connectivity index (χ0v) is 12.3. The van der Waals surface area contributed by atoms with E-state index in [9.17, 15) is 9.59 Å². The highest BCUT2D eigenvalue weighted by Gasteiger charge is 2.14. The molecule has 5 nitrogen and oxygen atoms in total. The minimum atomic E-state index is -0.426. The third-order valence-corrected chi connectivity index (χ3v) is 3.22. The number of hydrogen-bond acceptors (Lipinski definition) is 2. The van der Waals surface area contributed by atoms with Gasteiger partial charge in [-0.05, 0) is 20.3 Å². The van der Waals surface area contributed by atoms with Crippen LogP contribution in [0.5, 0.6) is 0 Å². The van der Waals surface area contributed by atoms with Crippen LogP contribution in [0, 0.1) is 0 Å². The summed E-state index contributed by atoms with van der Waals surface area (Å²) in [4.78, 5) is 23.1. The van der Waals surface area contributed by atoms with E-state index in [4.69, 9.17) is 0 Å². The maximum absolute atomic E-state index is 11.7. The molecule has 1 rings (SSSR count). The van der Waals surface area contributed by atoms with Gasteiger partial charge in [0.15, 0.2) is 6.54 Å². The van der Waals surface area contributed by atoms with Crippen LogP contribution in [0.1, 0.15) is 38.8 Å². The fraction of sp³-hybridized carbons (Fsp3) is 0.467. The molecule has 5 heteroatoms. The summed E-state index contributed by atoms with van der Waals surface area (Å²) in [6.45, 7) is 6.13. The average Bonchev–Trinajstić information content (AvgIpc) is 2.45. The molecule has 1 aromatic carbocycles. The Hall–Kier alpha value is -1.88. The molecule has 4 N–H and O–H groups in total. The minimum Gasteiger partial charge on any atom is -0.335 e. The number of carbonyl (C=O) groups is 2. The summed E-state index contributed by atoms with van der Waals surface area (Å²) < 4.78 is 0. The van der Waals surface area contributed by atoms with E-state index in [0.29, 0.717) is 0 Å². The molecule has 0 fully saturated rings. The molecule has 0 aromatic heterocycles. The van der Waals surface area contributed by atoms with Gasteiger partial charge in [-0.2, -0.15) is 0 Å². The summed E-state index contributed by atoms with van der Waals surface area (Å²) in [5, 5.41) is 6.93. The second kappa shape index (κ2) is 8.32. The van der Waals surface area contributed by atoms with Crippen LogP contribution in [0.4, 0.5) is 4.79 Å². The Balaban J connectivity index is 2.31. The van der Waals surface area contributed by atoms with Gasteiger partial charge < -0.3 is 10.6 Å². The van der Waals surface area contributed by atoms with Crippen molar-refractivity contribution in [3.63, 3.8) is 0 Å².